The summed E-state index contributed by atoms with van der Waals surface area (Å²) >= 11 is 0. The van der Waals surface area contributed by atoms with E-state index in [1.807, 2.05) is 0 Å². The van der Waals surface area contributed by atoms with E-state index in [4.69, 9.17) is 8.83 Å². The van der Waals surface area contributed by atoms with Crippen LogP contribution in [0.3, 0.4) is 0 Å². The largest absolute Gasteiger partial charge is 0.459 e. The second kappa shape index (κ2) is 7.41. The quantitative estimate of drug-likeness (QED) is 0.664. The Morgan fingerprint density at radius 2 is 1.93 bits per heavy atom. The van der Waals surface area contributed by atoms with E-state index in [1.54, 1.807) is 12.1 Å². The number of piperazine rings is 1. The molecule has 1 aliphatic heterocycles. The Balaban J connectivity index is 1.39. The van der Waals surface area contributed by atoms with Gasteiger partial charge >= 0.3 is 0 Å². The lowest BCUT2D eigenvalue weighted by atomic mass is 10.3. The van der Waals surface area contributed by atoms with E-state index in [1.165, 1.54) is 10.6 Å². The Morgan fingerprint density at radius 1 is 1.14 bits per heavy atom. The molecule has 0 amide bonds. The van der Waals surface area contributed by atoms with E-state index in [-0.39, 0.29) is 19.0 Å². The average molecular weight is 411 g/mol. The van der Waals surface area contributed by atoms with E-state index < -0.39 is 26.6 Å². The SMILES string of the molecule is O=S(=O)(c1ccc(F)cc1F)N1CC[NH+](Cc2nnc(-c3ccco3)o2)CC1. The van der Waals surface area contributed by atoms with Crippen LogP contribution in [-0.2, 0) is 16.6 Å². The highest BCUT2D eigenvalue weighted by molar-refractivity contribution is 7.89. The van der Waals surface area contributed by atoms with Gasteiger partial charge in [-0.1, -0.05) is 0 Å². The third-order valence-corrected chi connectivity index (χ3v) is 6.47. The Hall–Kier alpha value is -2.63. The van der Waals surface area contributed by atoms with Gasteiger partial charge in [-0.2, -0.15) is 4.31 Å². The number of nitrogens with one attached hydrogen (secondary N) is 1. The summed E-state index contributed by atoms with van der Waals surface area (Å²) in [5, 5.41) is 7.92. The molecule has 3 heterocycles. The molecule has 3 aromatic rings. The number of sulfonamides is 1. The molecule has 0 atom stereocenters. The first kappa shape index (κ1) is 18.7. The molecule has 1 fully saturated rings. The van der Waals surface area contributed by atoms with Crippen LogP contribution in [-0.4, -0.2) is 49.1 Å². The molecular formula is C17H17F2N4O4S+. The van der Waals surface area contributed by atoms with Gasteiger partial charge in [0, 0.05) is 6.07 Å². The van der Waals surface area contributed by atoms with Gasteiger partial charge in [0.25, 0.3) is 11.8 Å². The predicted molar refractivity (Wildman–Crippen MR) is 91.5 cm³/mol. The Morgan fingerprint density at radius 3 is 2.61 bits per heavy atom. The molecule has 0 spiro atoms. The van der Waals surface area contributed by atoms with Gasteiger partial charge in [0.2, 0.25) is 10.0 Å². The maximum atomic E-state index is 13.9. The monoisotopic (exact) mass is 411 g/mol. The fourth-order valence-electron chi connectivity index (χ4n) is 3.08. The maximum Gasteiger partial charge on any atom is 0.283 e. The van der Waals surface area contributed by atoms with Gasteiger partial charge in [-0.15, -0.1) is 10.2 Å². The summed E-state index contributed by atoms with van der Waals surface area (Å²) in [6.45, 7) is 1.81. The summed E-state index contributed by atoms with van der Waals surface area (Å²) in [5.41, 5.74) is 0. The number of hydrogen-bond acceptors (Lipinski definition) is 6. The molecule has 11 heteroatoms. The van der Waals surface area contributed by atoms with Crippen LogP contribution >= 0.6 is 0 Å². The summed E-state index contributed by atoms with van der Waals surface area (Å²) in [5.74, 6) is -0.731. The minimum absolute atomic E-state index is 0.202. The number of benzene rings is 1. The minimum atomic E-state index is -4.02. The molecule has 0 unspecified atom stereocenters. The zero-order valence-electron chi connectivity index (χ0n) is 14.6. The first-order chi connectivity index (χ1) is 13.4. The van der Waals surface area contributed by atoms with Gasteiger partial charge in [0.05, 0.1) is 32.4 Å². The van der Waals surface area contributed by atoms with Crippen LogP contribution in [0.25, 0.3) is 11.7 Å². The van der Waals surface area contributed by atoms with Crippen molar-refractivity contribution in [2.24, 2.45) is 0 Å². The van der Waals surface area contributed by atoms with E-state index in [2.05, 4.69) is 10.2 Å². The van der Waals surface area contributed by atoms with E-state index in [0.717, 1.165) is 17.0 Å². The topological polar surface area (TPSA) is 93.9 Å². The smallest absolute Gasteiger partial charge is 0.283 e. The normalized spacial score (nSPS) is 16.5. The summed E-state index contributed by atoms with van der Waals surface area (Å²) < 4.78 is 64.2. The lowest BCUT2D eigenvalue weighted by Crippen LogP contribution is -3.13. The lowest BCUT2D eigenvalue weighted by molar-refractivity contribution is -0.918. The maximum absolute atomic E-state index is 13.9. The first-order valence-electron chi connectivity index (χ1n) is 8.58. The number of rotatable bonds is 5. The zero-order chi connectivity index (χ0) is 19.7. The third-order valence-electron chi connectivity index (χ3n) is 4.54. The van der Waals surface area contributed by atoms with Gasteiger partial charge in [0.1, 0.15) is 16.5 Å². The van der Waals surface area contributed by atoms with Crippen LogP contribution < -0.4 is 4.90 Å². The van der Waals surface area contributed by atoms with Gasteiger partial charge in [-0.25, -0.2) is 17.2 Å². The Kier molecular flexibility index (Phi) is 4.96. The van der Waals surface area contributed by atoms with Crippen molar-refractivity contribution >= 4 is 10.0 Å². The second-order valence-corrected chi connectivity index (χ2v) is 8.29. The molecular weight excluding hydrogens is 394 g/mol. The molecule has 148 valence electrons. The molecule has 4 rings (SSSR count). The van der Waals surface area contributed by atoms with Crippen molar-refractivity contribution in [3.63, 3.8) is 0 Å². The van der Waals surface area contributed by atoms with Crippen LogP contribution in [0.15, 0.2) is 50.3 Å². The zero-order valence-corrected chi connectivity index (χ0v) is 15.5. The highest BCUT2D eigenvalue weighted by Gasteiger charge is 2.33. The molecule has 1 saturated heterocycles. The minimum Gasteiger partial charge on any atom is -0.459 e. The number of furan rings is 1. The number of quaternary nitrogens is 1. The van der Waals surface area contributed by atoms with Crippen LogP contribution in [0.1, 0.15) is 5.89 Å². The number of hydrogen-bond donors (Lipinski definition) is 1. The van der Waals surface area contributed by atoms with Crippen molar-refractivity contribution in [2.45, 2.75) is 11.4 Å². The van der Waals surface area contributed by atoms with Crippen molar-refractivity contribution in [1.29, 1.82) is 0 Å². The van der Waals surface area contributed by atoms with Gasteiger partial charge in [-0.05, 0) is 24.3 Å². The predicted octanol–water partition coefficient (Wildman–Crippen LogP) is 0.697. The van der Waals surface area contributed by atoms with Crippen LogP contribution in [0.2, 0.25) is 0 Å². The lowest BCUT2D eigenvalue weighted by Gasteiger charge is -2.30. The molecule has 1 aliphatic rings. The molecule has 0 bridgehead atoms. The van der Waals surface area contributed by atoms with E-state index >= 15 is 0 Å². The van der Waals surface area contributed by atoms with Gasteiger partial charge < -0.3 is 13.7 Å². The third kappa shape index (κ3) is 3.68. The molecule has 28 heavy (non-hydrogen) atoms. The van der Waals surface area contributed by atoms with Crippen molar-refractivity contribution < 1.29 is 30.9 Å². The standard InChI is InChI=1S/C17H16F2N4O4S/c18-12-3-4-15(13(19)10-12)28(24,25)23-7-5-22(6-8-23)11-16-20-21-17(27-16)14-2-1-9-26-14/h1-4,9-10H,5-8,11H2/p+1. The molecule has 1 aromatic carbocycles. The van der Waals surface area contributed by atoms with Crippen LogP contribution in [0, 0.1) is 11.6 Å². The fraction of sp³-hybridized carbons (Fsp3) is 0.294. The van der Waals surface area contributed by atoms with Crippen LogP contribution in [0.4, 0.5) is 8.78 Å². The summed E-state index contributed by atoms with van der Waals surface area (Å²) in [6, 6.07) is 5.88. The van der Waals surface area contributed by atoms with Crippen molar-refractivity contribution in [2.75, 3.05) is 26.2 Å². The van der Waals surface area contributed by atoms with E-state index in [0.29, 0.717) is 37.4 Å². The Bertz CT molecular complexity index is 1060. The molecule has 2 aromatic heterocycles. The molecule has 0 radical (unpaired) electrons. The molecule has 8 nitrogen and oxygen atoms in total. The van der Waals surface area contributed by atoms with Gasteiger partial charge in [-0.3, -0.25) is 0 Å². The second-order valence-electron chi connectivity index (χ2n) is 6.38. The first-order valence-corrected chi connectivity index (χ1v) is 10.0. The Labute approximate surface area is 159 Å². The highest BCUT2D eigenvalue weighted by Crippen LogP contribution is 2.20. The molecule has 0 aliphatic carbocycles. The van der Waals surface area contributed by atoms with Crippen molar-refractivity contribution in [3.8, 4) is 11.7 Å². The number of nitrogens with zero attached hydrogens (tertiary/aromatic N) is 3. The van der Waals surface area contributed by atoms with E-state index in [9.17, 15) is 17.2 Å². The summed E-state index contributed by atoms with van der Waals surface area (Å²) in [6.07, 6.45) is 1.51. The summed E-state index contributed by atoms with van der Waals surface area (Å²) in [4.78, 5) is 0.540. The highest BCUT2D eigenvalue weighted by atomic mass is 32.2. The van der Waals surface area contributed by atoms with Crippen molar-refractivity contribution in [3.05, 3.63) is 54.1 Å². The van der Waals surface area contributed by atoms with Crippen LogP contribution in [0.5, 0.6) is 0 Å². The molecule has 1 N–H and O–H groups in total. The average Bonchev–Trinajstić information content (AvgIpc) is 3.33. The number of aromatic nitrogens is 2. The number of halogens is 2. The van der Waals surface area contributed by atoms with Gasteiger partial charge in [0.15, 0.2) is 12.3 Å². The summed E-state index contributed by atoms with van der Waals surface area (Å²) in [7, 11) is -4.02. The van der Waals surface area contributed by atoms with Crippen molar-refractivity contribution in [1.82, 2.24) is 14.5 Å². The fourth-order valence-corrected chi connectivity index (χ4v) is 4.57. The molecule has 0 saturated carbocycles.